The lowest BCUT2D eigenvalue weighted by atomic mass is 9.97. The Morgan fingerprint density at radius 2 is 1.96 bits per heavy atom. The molecule has 0 bridgehead atoms. The van der Waals surface area contributed by atoms with Gasteiger partial charge in [0.15, 0.2) is 0 Å². The number of amides is 3. The van der Waals surface area contributed by atoms with Gasteiger partial charge in [0, 0.05) is 26.6 Å². The van der Waals surface area contributed by atoms with Crippen molar-refractivity contribution in [1.82, 2.24) is 15.1 Å². The molecule has 3 rings (SSSR count). The second-order valence-electron chi connectivity index (χ2n) is 6.98. The Morgan fingerprint density at radius 1 is 1.30 bits per heavy atom. The van der Waals surface area contributed by atoms with Crippen molar-refractivity contribution >= 4 is 29.5 Å². The van der Waals surface area contributed by atoms with Crippen LogP contribution in [0.25, 0.3) is 0 Å². The van der Waals surface area contributed by atoms with Crippen molar-refractivity contribution in [2.45, 2.75) is 31.3 Å². The Morgan fingerprint density at radius 3 is 2.56 bits per heavy atom. The first kappa shape index (κ1) is 19.4. The summed E-state index contributed by atoms with van der Waals surface area (Å²) in [5, 5.41) is 11.9. The largest absolute Gasteiger partial charge is 0.481 e. The maximum absolute atomic E-state index is 13.9. The number of carbonyl (C=O) groups is 3. The summed E-state index contributed by atoms with van der Waals surface area (Å²) in [5.41, 5.74) is 0.556. The maximum Gasteiger partial charge on any atom is 0.317 e. The third-order valence-electron chi connectivity index (χ3n) is 5.31. The van der Waals surface area contributed by atoms with Crippen molar-refractivity contribution < 1.29 is 23.9 Å². The average Bonchev–Trinajstić information content (AvgIpc) is 2.91. The fraction of sp³-hybridized carbons (Fsp3) is 0.500. The van der Waals surface area contributed by atoms with Crippen LogP contribution in [0.15, 0.2) is 18.2 Å². The predicted octanol–water partition coefficient (Wildman–Crippen LogP) is 2.26. The first-order valence-electron chi connectivity index (χ1n) is 8.76. The van der Waals surface area contributed by atoms with Gasteiger partial charge < -0.3 is 20.2 Å². The van der Waals surface area contributed by atoms with Gasteiger partial charge in [0.25, 0.3) is 0 Å². The zero-order chi connectivity index (χ0) is 19.7. The molecule has 146 valence electrons. The molecule has 2 heterocycles. The van der Waals surface area contributed by atoms with Gasteiger partial charge in [0.05, 0.1) is 23.0 Å². The number of nitrogens with zero attached hydrogens (tertiary/aromatic N) is 2. The smallest absolute Gasteiger partial charge is 0.317 e. The van der Waals surface area contributed by atoms with Crippen LogP contribution in [0.5, 0.6) is 0 Å². The lowest BCUT2D eigenvalue weighted by Crippen LogP contribution is -2.49. The van der Waals surface area contributed by atoms with Crippen LogP contribution in [0.4, 0.5) is 9.18 Å². The number of likely N-dealkylation sites (N-methyl/N-ethyl adjacent to an activating group) is 1. The van der Waals surface area contributed by atoms with Crippen molar-refractivity contribution in [3.8, 4) is 0 Å². The van der Waals surface area contributed by atoms with E-state index >= 15 is 0 Å². The van der Waals surface area contributed by atoms with Crippen molar-refractivity contribution in [2.24, 2.45) is 5.92 Å². The summed E-state index contributed by atoms with van der Waals surface area (Å²) in [4.78, 5) is 38.8. The highest BCUT2D eigenvalue weighted by molar-refractivity contribution is 6.30. The van der Waals surface area contributed by atoms with Crippen LogP contribution in [0.1, 0.15) is 30.9 Å². The van der Waals surface area contributed by atoms with E-state index in [-0.39, 0.29) is 23.4 Å². The minimum atomic E-state index is -0.845. The summed E-state index contributed by atoms with van der Waals surface area (Å²) in [6, 6.07) is 3.00. The van der Waals surface area contributed by atoms with Crippen LogP contribution >= 0.6 is 11.6 Å². The SMILES string of the molecule is CN1C(=O)CC(NC(=O)N2CCC(C(=O)O)CC2)C1c1ccc(Cl)c(F)c1. The van der Waals surface area contributed by atoms with Gasteiger partial charge in [0.1, 0.15) is 5.82 Å². The number of nitrogens with one attached hydrogen (secondary N) is 1. The topological polar surface area (TPSA) is 90.0 Å². The molecule has 0 aliphatic carbocycles. The second-order valence-corrected chi connectivity index (χ2v) is 7.39. The van der Waals surface area contributed by atoms with Gasteiger partial charge in [-0.15, -0.1) is 0 Å². The standard InChI is InChI=1S/C18H21ClFN3O4/c1-22-15(24)9-14(16(22)11-2-3-12(19)13(20)8-11)21-18(27)23-6-4-10(5-7-23)17(25)26/h2-3,8,10,14,16H,4-7,9H2,1H3,(H,21,27)(H,25,26). The van der Waals surface area contributed by atoms with E-state index in [1.165, 1.54) is 17.0 Å². The number of rotatable bonds is 3. The Hall–Kier alpha value is -2.35. The summed E-state index contributed by atoms with van der Waals surface area (Å²) >= 11 is 5.73. The van der Waals surface area contributed by atoms with Crippen LogP contribution in [-0.2, 0) is 9.59 Å². The fourth-order valence-electron chi connectivity index (χ4n) is 3.73. The molecule has 0 radical (unpaired) electrons. The molecule has 7 nitrogen and oxygen atoms in total. The van der Waals surface area contributed by atoms with Gasteiger partial charge in [0.2, 0.25) is 5.91 Å². The first-order valence-corrected chi connectivity index (χ1v) is 9.14. The molecular weight excluding hydrogens is 377 g/mol. The van der Waals surface area contributed by atoms with Crippen LogP contribution in [0, 0.1) is 11.7 Å². The molecule has 2 aliphatic rings. The molecule has 0 saturated carbocycles. The van der Waals surface area contributed by atoms with Gasteiger partial charge in [-0.05, 0) is 30.5 Å². The molecule has 1 aromatic rings. The van der Waals surface area contributed by atoms with Gasteiger partial charge in [-0.1, -0.05) is 17.7 Å². The Kier molecular flexibility index (Phi) is 5.55. The summed E-state index contributed by atoms with van der Waals surface area (Å²) < 4.78 is 13.9. The number of hydrogen-bond acceptors (Lipinski definition) is 3. The molecule has 2 N–H and O–H groups in total. The molecule has 3 amide bonds. The predicted molar refractivity (Wildman–Crippen MR) is 95.8 cm³/mol. The third kappa shape index (κ3) is 4.00. The zero-order valence-electron chi connectivity index (χ0n) is 14.8. The minimum absolute atomic E-state index is 0.00684. The Bertz CT molecular complexity index is 767. The number of piperidine rings is 1. The quantitative estimate of drug-likeness (QED) is 0.818. The van der Waals surface area contributed by atoms with E-state index in [2.05, 4.69) is 5.32 Å². The van der Waals surface area contributed by atoms with Gasteiger partial charge in [-0.2, -0.15) is 0 Å². The Labute approximate surface area is 161 Å². The van der Waals surface area contributed by atoms with Crippen molar-refractivity contribution in [3.05, 3.63) is 34.6 Å². The van der Waals surface area contributed by atoms with Crippen LogP contribution in [0.2, 0.25) is 5.02 Å². The number of likely N-dealkylation sites (tertiary alicyclic amines) is 2. The molecule has 0 spiro atoms. The molecule has 2 aliphatic heterocycles. The zero-order valence-corrected chi connectivity index (χ0v) is 15.6. The highest BCUT2D eigenvalue weighted by Gasteiger charge is 2.40. The first-order chi connectivity index (χ1) is 12.8. The van der Waals surface area contributed by atoms with Crippen LogP contribution in [0.3, 0.4) is 0 Å². The van der Waals surface area contributed by atoms with E-state index in [1.54, 1.807) is 18.0 Å². The Balaban J connectivity index is 1.70. The lowest BCUT2D eigenvalue weighted by Gasteiger charge is -2.32. The van der Waals surface area contributed by atoms with E-state index < -0.39 is 29.8 Å². The van der Waals surface area contributed by atoms with E-state index in [0.717, 1.165) is 0 Å². The number of urea groups is 1. The molecule has 2 fully saturated rings. The summed E-state index contributed by atoms with van der Waals surface area (Å²) in [6.07, 6.45) is 0.916. The molecule has 0 aromatic heterocycles. The average molecular weight is 398 g/mol. The summed E-state index contributed by atoms with van der Waals surface area (Å²) in [7, 11) is 1.62. The molecule has 27 heavy (non-hydrogen) atoms. The lowest BCUT2D eigenvalue weighted by molar-refractivity contribution is -0.143. The van der Waals surface area contributed by atoms with Crippen molar-refractivity contribution in [1.29, 1.82) is 0 Å². The minimum Gasteiger partial charge on any atom is -0.481 e. The van der Waals surface area contributed by atoms with E-state index in [1.807, 2.05) is 0 Å². The van der Waals surface area contributed by atoms with Crippen LogP contribution < -0.4 is 5.32 Å². The van der Waals surface area contributed by atoms with E-state index in [0.29, 0.717) is 31.5 Å². The van der Waals surface area contributed by atoms with Crippen molar-refractivity contribution in [3.63, 3.8) is 0 Å². The van der Waals surface area contributed by atoms with Gasteiger partial charge in [-0.25, -0.2) is 9.18 Å². The van der Waals surface area contributed by atoms with Crippen LogP contribution in [-0.4, -0.2) is 59.0 Å². The highest BCUT2D eigenvalue weighted by Crippen LogP contribution is 2.33. The van der Waals surface area contributed by atoms with Gasteiger partial charge >= 0.3 is 12.0 Å². The maximum atomic E-state index is 13.9. The highest BCUT2D eigenvalue weighted by atomic mass is 35.5. The summed E-state index contributed by atoms with van der Waals surface area (Å²) in [5.74, 6) is -2.01. The number of carbonyl (C=O) groups excluding carboxylic acids is 2. The molecular formula is C18H21ClFN3O4. The molecule has 9 heteroatoms. The normalized spacial score (nSPS) is 23.6. The molecule has 2 saturated heterocycles. The molecule has 1 aromatic carbocycles. The summed E-state index contributed by atoms with van der Waals surface area (Å²) in [6.45, 7) is 0.694. The number of carboxylic acid groups (broad SMARTS) is 1. The monoisotopic (exact) mass is 397 g/mol. The van der Waals surface area contributed by atoms with E-state index in [9.17, 15) is 18.8 Å². The van der Waals surface area contributed by atoms with E-state index in [4.69, 9.17) is 16.7 Å². The van der Waals surface area contributed by atoms with Crippen molar-refractivity contribution in [2.75, 3.05) is 20.1 Å². The number of aliphatic carboxylic acids is 1. The second kappa shape index (κ2) is 7.72. The number of carboxylic acids is 1. The number of benzene rings is 1. The number of hydrogen-bond donors (Lipinski definition) is 2. The number of halogens is 2. The molecule has 2 atom stereocenters. The van der Waals surface area contributed by atoms with Gasteiger partial charge in [-0.3, -0.25) is 9.59 Å². The fourth-order valence-corrected chi connectivity index (χ4v) is 3.85. The third-order valence-corrected chi connectivity index (χ3v) is 5.62. The molecule has 2 unspecified atom stereocenters.